The Morgan fingerprint density at radius 2 is 1.97 bits per heavy atom. The van der Waals surface area contributed by atoms with Crippen LogP contribution in [-0.4, -0.2) is 15.9 Å². The van der Waals surface area contributed by atoms with E-state index < -0.39 is 17.6 Å². The molecule has 1 N–H and O–H groups in total. The molecule has 29 heavy (non-hydrogen) atoms. The van der Waals surface area contributed by atoms with Crippen molar-refractivity contribution in [2.24, 2.45) is 0 Å². The highest BCUT2D eigenvalue weighted by atomic mass is 19.4. The lowest BCUT2D eigenvalue weighted by molar-refractivity contribution is -0.138. The molecule has 1 aliphatic heterocycles. The van der Waals surface area contributed by atoms with E-state index in [2.05, 4.69) is 16.9 Å². The van der Waals surface area contributed by atoms with Crippen molar-refractivity contribution < 1.29 is 18.0 Å². The Bertz CT molecular complexity index is 1070. The Morgan fingerprint density at radius 1 is 1.21 bits per heavy atom. The van der Waals surface area contributed by atoms with Gasteiger partial charge in [0.1, 0.15) is 0 Å². The van der Waals surface area contributed by atoms with Crippen LogP contribution in [0.4, 0.5) is 18.9 Å². The van der Waals surface area contributed by atoms with Gasteiger partial charge in [0.25, 0.3) is 5.91 Å². The largest absolute Gasteiger partial charge is 0.416 e. The van der Waals surface area contributed by atoms with E-state index in [1.54, 1.807) is 12.4 Å². The van der Waals surface area contributed by atoms with Crippen LogP contribution >= 0.6 is 0 Å². The maximum Gasteiger partial charge on any atom is 0.416 e. The van der Waals surface area contributed by atoms with Crippen molar-refractivity contribution in [1.29, 1.82) is 0 Å². The summed E-state index contributed by atoms with van der Waals surface area (Å²) in [6.07, 6.45) is -2.10. The van der Waals surface area contributed by atoms with Gasteiger partial charge >= 0.3 is 6.18 Å². The van der Waals surface area contributed by atoms with Gasteiger partial charge in [0.2, 0.25) is 0 Å². The summed E-state index contributed by atoms with van der Waals surface area (Å²) in [6.45, 7) is 3.94. The normalized spacial score (nSPS) is 14.9. The van der Waals surface area contributed by atoms with Crippen LogP contribution in [0, 0.1) is 6.92 Å². The van der Waals surface area contributed by atoms with Gasteiger partial charge in [-0.1, -0.05) is 25.1 Å². The van der Waals surface area contributed by atoms with Gasteiger partial charge in [-0.3, -0.25) is 4.79 Å². The van der Waals surface area contributed by atoms with Crippen LogP contribution in [0.15, 0.2) is 48.8 Å². The number of hydrogen-bond acceptors (Lipinski definition) is 2. The number of hydrogen-bond donors (Lipinski definition) is 1. The van der Waals surface area contributed by atoms with Gasteiger partial charge in [-0.05, 0) is 54.7 Å². The molecule has 0 saturated heterocycles. The number of aromatic amines is 1. The number of nitrogens with zero attached hydrogens (tertiary/aromatic N) is 2. The Labute approximate surface area is 166 Å². The number of alkyl halides is 3. The van der Waals surface area contributed by atoms with Crippen LogP contribution in [0.2, 0.25) is 0 Å². The summed E-state index contributed by atoms with van der Waals surface area (Å²) < 4.78 is 40.0. The minimum Gasteiger partial charge on any atom is -0.348 e. The van der Waals surface area contributed by atoms with E-state index in [1.165, 1.54) is 17.0 Å². The quantitative estimate of drug-likeness (QED) is 0.652. The third kappa shape index (κ3) is 3.52. The van der Waals surface area contributed by atoms with Crippen molar-refractivity contribution in [3.63, 3.8) is 0 Å². The minimum absolute atomic E-state index is 0.0376. The highest BCUT2D eigenvalue weighted by Gasteiger charge is 2.39. The maximum atomic E-state index is 13.3. The molecule has 1 amide bonds. The lowest BCUT2D eigenvalue weighted by atomic mass is 9.95. The Kier molecular flexibility index (Phi) is 4.68. The molecule has 1 aromatic heterocycles. The summed E-state index contributed by atoms with van der Waals surface area (Å²) in [5.41, 5.74) is 3.00. The number of halogens is 3. The molecule has 1 atom stereocenters. The highest BCUT2D eigenvalue weighted by Crippen LogP contribution is 2.38. The topological polar surface area (TPSA) is 49.0 Å². The van der Waals surface area contributed by atoms with Crippen LogP contribution in [0.25, 0.3) is 0 Å². The first-order valence-electron chi connectivity index (χ1n) is 9.35. The van der Waals surface area contributed by atoms with Crippen molar-refractivity contribution in [2.45, 2.75) is 38.9 Å². The van der Waals surface area contributed by atoms with Crippen LogP contribution in [-0.2, 0) is 19.1 Å². The van der Waals surface area contributed by atoms with E-state index in [1.807, 2.05) is 25.1 Å². The van der Waals surface area contributed by atoms with Crippen molar-refractivity contribution >= 4 is 11.6 Å². The van der Waals surface area contributed by atoms with Crippen molar-refractivity contribution in [3.05, 3.63) is 82.4 Å². The molecule has 0 fully saturated rings. The predicted molar refractivity (Wildman–Crippen MR) is 104 cm³/mol. The lowest BCUT2D eigenvalue weighted by Crippen LogP contribution is -2.23. The number of carbonyl (C=O) groups is 1. The third-order valence-electron chi connectivity index (χ3n) is 5.46. The zero-order valence-corrected chi connectivity index (χ0v) is 16.0. The molecule has 3 aromatic rings. The third-order valence-corrected chi connectivity index (χ3v) is 5.46. The van der Waals surface area contributed by atoms with Gasteiger partial charge in [0, 0.05) is 16.9 Å². The van der Waals surface area contributed by atoms with E-state index in [4.69, 9.17) is 0 Å². The first-order chi connectivity index (χ1) is 13.8. The average molecular weight is 399 g/mol. The van der Waals surface area contributed by atoms with E-state index >= 15 is 0 Å². The molecule has 1 aliphatic rings. The number of carbonyl (C=O) groups excluding carboxylic acids is 1. The molecule has 7 heteroatoms. The number of aryl methyl sites for hydroxylation is 1. The molecule has 2 aromatic carbocycles. The van der Waals surface area contributed by atoms with Gasteiger partial charge in [0.15, 0.2) is 0 Å². The Balaban J connectivity index is 1.62. The number of fused-ring (bicyclic) bond motifs is 1. The molecule has 0 radical (unpaired) electrons. The van der Waals surface area contributed by atoms with Crippen LogP contribution in [0.1, 0.15) is 51.3 Å². The Morgan fingerprint density at radius 3 is 2.66 bits per heavy atom. The molecule has 0 saturated carbocycles. The zero-order chi connectivity index (χ0) is 20.8. The molecule has 2 heterocycles. The first kappa shape index (κ1) is 19.2. The summed E-state index contributed by atoms with van der Waals surface area (Å²) in [6, 6.07) is 11.2. The molecule has 0 spiro atoms. The second-order valence-electron chi connectivity index (χ2n) is 7.40. The van der Waals surface area contributed by atoms with Gasteiger partial charge in [-0.25, -0.2) is 4.98 Å². The standard InChI is InChI=1S/C22H20F3N3O/c1-13(9-20-14(2)26-12-27-20)15-5-3-6-16(10-15)28-11-18-17(21(28)29)7-4-8-19(18)22(23,24)25/h3-8,10,12-13H,9,11H2,1-2H3,(H,26,27). The maximum absolute atomic E-state index is 13.3. The molecule has 4 nitrogen and oxygen atoms in total. The second kappa shape index (κ2) is 7.06. The number of benzene rings is 2. The average Bonchev–Trinajstić information content (AvgIpc) is 3.24. The van der Waals surface area contributed by atoms with E-state index in [-0.39, 0.29) is 23.6 Å². The number of imidazole rings is 1. The number of rotatable bonds is 4. The summed E-state index contributed by atoms with van der Waals surface area (Å²) >= 11 is 0. The summed E-state index contributed by atoms with van der Waals surface area (Å²) in [7, 11) is 0. The van der Waals surface area contributed by atoms with Crippen LogP contribution < -0.4 is 4.90 Å². The van der Waals surface area contributed by atoms with Crippen molar-refractivity contribution in [3.8, 4) is 0 Å². The van der Waals surface area contributed by atoms with Crippen LogP contribution in [0.3, 0.4) is 0 Å². The molecule has 4 rings (SSSR count). The van der Waals surface area contributed by atoms with Gasteiger partial charge < -0.3 is 9.88 Å². The number of amides is 1. The first-order valence-corrected chi connectivity index (χ1v) is 9.35. The predicted octanol–water partition coefficient (Wildman–Crippen LogP) is 5.24. The molecular formula is C22H20F3N3O. The van der Waals surface area contributed by atoms with E-state index in [0.29, 0.717) is 5.69 Å². The number of anilines is 1. The zero-order valence-electron chi connectivity index (χ0n) is 16.0. The molecule has 0 bridgehead atoms. The fraction of sp³-hybridized carbons (Fsp3) is 0.273. The van der Waals surface area contributed by atoms with Gasteiger partial charge in [-0.15, -0.1) is 0 Å². The number of nitrogens with one attached hydrogen (secondary N) is 1. The number of H-pyrrole nitrogens is 1. The highest BCUT2D eigenvalue weighted by molar-refractivity contribution is 6.10. The number of aromatic nitrogens is 2. The molecule has 1 unspecified atom stereocenters. The minimum atomic E-state index is -4.49. The van der Waals surface area contributed by atoms with E-state index in [0.717, 1.165) is 29.4 Å². The lowest BCUT2D eigenvalue weighted by Gasteiger charge is -2.19. The fourth-order valence-electron chi connectivity index (χ4n) is 3.81. The summed E-state index contributed by atoms with van der Waals surface area (Å²) in [5.74, 6) is -0.262. The van der Waals surface area contributed by atoms with Crippen molar-refractivity contribution in [1.82, 2.24) is 9.97 Å². The summed E-state index contributed by atoms with van der Waals surface area (Å²) in [4.78, 5) is 21.6. The smallest absolute Gasteiger partial charge is 0.348 e. The molecule has 0 aliphatic carbocycles. The van der Waals surface area contributed by atoms with Gasteiger partial charge in [-0.2, -0.15) is 13.2 Å². The van der Waals surface area contributed by atoms with Crippen LogP contribution in [0.5, 0.6) is 0 Å². The summed E-state index contributed by atoms with van der Waals surface area (Å²) in [5, 5.41) is 0. The second-order valence-corrected chi connectivity index (χ2v) is 7.40. The van der Waals surface area contributed by atoms with Crippen molar-refractivity contribution in [2.75, 3.05) is 4.90 Å². The monoisotopic (exact) mass is 399 g/mol. The fourth-order valence-corrected chi connectivity index (χ4v) is 3.81. The Hall–Kier alpha value is -3.09. The SMILES string of the molecule is Cc1[nH]cnc1CC(C)c1cccc(N2Cc3c(cccc3C(F)(F)F)C2=O)c1. The molecular weight excluding hydrogens is 379 g/mol. The van der Waals surface area contributed by atoms with E-state index in [9.17, 15) is 18.0 Å². The molecule has 150 valence electrons. The van der Waals surface area contributed by atoms with Gasteiger partial charge in [0.05, 0.1) is 24.1 Å².